The van der Waals surface area contributed by atoms with Crippen LogP contribution in [0.4, 0.5) is 0 Å². The summed E-state index contributed by atoms with van der Waals surface area (Å²) in [5.41, 5.74) is 2.69. The number of hydrogen-bond donors (Lipinski definition) is 1. The fraction of sp³-hybridized carbons (Fsp3) is 0.400. The lowest BCUT2D eigenvalue weighted by Gasteiger charge is -2.26. The van der Waals surface area contributed by atoms with E-state index >= 15 is 0 Å². The highest BCUT2D eigenvalue weighted by atomic mass is 15.4. The number of hydrazine groups is 1. The summed E-state index contributed by atoms with van der Waals surface area (Å²) in [6.07, 6.45) is 7.06. The van der Waals surface area contributed by atoms with E-state index in [-0.39, 0.29) is 0 Å². The van der Waals surface area contributed by atoms with Gasteiger partial charge in [0.25, 0.3) is 0 Å². The van der Waals surface area contributed by atoms with Gasteiger partial charge in [0.15, 0.2) is 0 Å². The molecule has 12 heavy (non-hydrogen) atoms. The van der Waals surface area contributed by atoms with Gasteiger partial charge in [0, 0.05) is 13.1 Å². The number of rotatable bonds is 1. The summed E-state index contributed by atoms with van der Waals surface area (Å²) in [7, 11) is 0. The molecule has 0 amide bonds. The molecule has 1 saturated heterocycles. The zero-order chi connectivity index (χ0) is 8.97. The van der Waals surface area contributed by atoms with Crippen molar-refractivity contribution in [2.45, 2.75) is 13.3 Å². The minimum Gasteiger partial charge on any atom is -0.268 e. The van der Waals surface area contributed by atoms with Crippen molar-refractivity contribution in [2.24, 2.45) is 5.84 Å². The van der Waals surface area contributed by atoms with Crippen LogP contribution in [0.2, 0.25) is 0 Å². The molecule has 0 aromatic carbocycles. The second-order valence-electron chi connectivity index (χ2n) is 2.96. The minimum atomic E-state index is 0.839. The van der Waals surface area contributed by atoms with Crippen molar-refractivity contribution in [1.82, 2.24) is 5.01 Å². The molecule has 0 aliphatic carbocycles. The van der Waals surface area contributed by atoms with Crippen molar-refractivity contribution >= 4 is 0 Å². The molecule has 66 valence electrons. The molecule has 1 fully saturated rings. The first kappa shape index (κ1) is 9.23. The Labute approximate surface area is 74.0 Å². The molecular weight excluding hydrogens is 148 g/mol. The van der Waals surface area contributed by atoms with Crippen LogP contribution in [0.1, 0.15) is 13.3 Å². The van der Waals surface area contributed by atoms with Gasteiger partial charge in [-0.05, 0) is 24.5 Å². The van der Waals surface area contributed by atoms with E-state index in [4.69, 9.17) is 5.84 Å². The number of hydrogen-bond acceptors (Lipinski definition) is 2. The van der Waals surface area contributed by atoms with Gasteiger partial charge in [0.1, 0.15) is 0 Å². The van der Waals surface area contributed by atoms with Gasteiger partial charge in [-0.2, -0.15) is 0 Å². The molecular formula is C10H16N2. The average Bonchev–Trinajstić information content (AvgIpc) is 2.05. The van der Waals surface area contributed by atoms with Gasteiger partial charge in [-0.3, -0.25) is 5.84 Å². The maximum absolute atomic E-state index is 5.70. The lowest BCUT2D eigenvalue weighted by molar-refractivity contribution is 0.295. The van der Waals surface area contributed by atoms with Gasteiger partial charge in [0.2, 0.25) is 0 Å². The zero-order valence-corrected chi connectivity index (χ0v) is 7.59. The topological polar surface area (TPSA) is 29.3 Å². The van der Waals surface area contributed by atoms with E-state index in [2.05, 4.69) is 19.6 Å². The molecule has 0 radical (unpaired) electrons. The largest absolute Gasteiger partial charge is 0.268 e. The second-order valence-corrected chi connectivity index (χ2v) is 2.96. The van der Waals surface area contributed by atoms with Crippen LogP contribution in [0.15, 0.2) is 36.0 Å². The Morgan fingerprint density at radius 1 is 1.50 bits per heavy atom. The third kappa shape index (κ3) is 2.06. The molecule has 0 atom stereocenters. The Bertz CT molecular complexity index is 226. The Morgan fingerprint density at radius 2 is 2.25 bits per heavy atom. The lowest BCUT2D eigenvalue weighted by atomic mass is 9.98. The molecule has 1 rings (SSSR count). The first-order chi connectivity index (χ1) is 5.77. The number of nitrogens with zero attached hydrogens (tertiary/aromatic N) is 1. The predicted molar refractivity (Wildman–Crippen MR) is 52.4 cm³/mol. The van der Waals surface area contributed by atoms with E-state index in [1.165, 1.54) is 11.1 Å². The van der Waals surface area contributed by atoms with Crippen LogP contribution in [0.5, 0.6) is 0 Å². The second kappa shape index (κ2) is 4.24. The summed E-state index contributed by atoms with van der Waals surface area (Å²) >= 11 is 0. The summed E-state index contributed by atoms with van der Waals surface area (Å²) in [4.78, 5) is 0. The van der Waals surface area contributed by atoms with Crippen molar-refractivity contribution in [3.63, 3.8) is 0 Å². The van der Waals surface area contributed by atoms with Gasteiger partial charge in [0.05, 0.1) is 0 Å². The van der Waals surface area contributed by atoms with Crippen LogP contribution in [-0.4, -0.2) is 18.1 Å². The maximum Gasteiger partial charge on any atom is 0.0382 e. The summed E-state index contributed by atoms with van der Waals surface area (Å²) < 4.78 is 0. The Morgan fingerprint density at radius 3 is 2.83 bits per heavy atom. The van der Waals surface area contributed by atoms with Crippen molar-refractivity contribution in [2.75, 3.05) is 13.1 Å². The smallest absolute Gasteiger partial charge is 0.0382 e. The molecule has 1 aliphatic rings. The third-order valence-corrected chi connectivity index (χ3v) is 2.12. The van der Waals surface area contributed by atoms with Crippen molar-refractivity contribution in [1.29, 1.82) is 0 Å². The first-order valence-corrected chi connectivity index (χ1v) is 4.24. The van der Waals surface area contributed by atoms with Crippen LogP contribution in [0.3, 0.4) is 0 Å². The average molecular weight is 164 g/mol. The molecule has 2 heteroatoms. The molecule has 0 bridgehead atoms. The molecule has 0 aromatic rings. The predicted octanol–water partition coefficient (Wildman–Crippen LogP) is 1.62. The molecule has 2 nitrogen and oxygen atoms in total. The van der Waals surface area contributed by atoms with E-state index in [1.54, 1.807) is 0 Å². The molecule has 0 aromatic heterocycles. The fourth-order valence-corrected chi connectivity index (χ4v) is 1.46. The number of nitrogens with two attached hydrogens (primary N) is 1. The van der Waals surface area contributed by atoms with E-state index in [9.17, 15) is 0 Å². The highest BCUT2D eigenvalue weighted by Gasteiger charge is 2.13. The van der Waals surface area contributed by atoms with Crippen LogP contribution in [0, 0.1) is 0 Å². The SMILES string of the molecule is C=C/C=C1/CN(N)CC/C1=C/C. The van der Waals surface area contributed by atoms with E-state index in [1.807, 2.05) is 17.2 Å². The molecule has 0 spiro atoms. The van der Waals surface area contributed by atoms with Crippen molar-refractivity contribution in [3.8, 4) is 0 Å². The Hall–Kier alpha value is -0.860. The van der Waals surface area contributed by atoms with Crippen molar-refractivity contribution < 1.29 is 0 Å². The van der Waals surface area contributed by atoms with Gasteiger partial charge < -0.3 is 0 Å². The van der Waals surface area contributed by atoms with Crippen molar-refractivity contribution in [3.05, 3.63) is 36.0 Å². The van der Waals surface area contributed by atoms with Gasteiger partial charge in [-0.25, -0.2) is 5.01 Å². The fourth-order valence-electron chi connectivity index (χ4n) is 1.46. The number of piperidine rings is 1. The summed E-state index contributed by atoms with van der Waals surface area (Å²) in [5, 5.41) is 1.84. The summed E-state index contributed by atoms with van der Waals surface area (Å²) in [6.45, 7) is 7.55. The van der Waals surface area contributed by atoms with Gasteiger partial charge in [-0.1, -0.05) is 24.8 Å². The maximum atomic E-state index is 5.70. The standard InChI is InChI=1S/C10H16N2/c1-3-5-10-8-12(11)7-6-9(10)4-2/h3-5H,1,6-8,11H2,2H3/b9-4-,10-5-. The van der Waals surface area contributed by atoms with Crippen LogP contribution < -0.4 is 5.84 Å². The molecule has 2 N–H and O–H groups in total. The molecule has 0 unspecified atom stereocenters. The third-order valence-electron chi connectivity index (χ3n) is 2.12. The highest BCUT2D eigenvalue weighted by Crippen LogP contribution is 2.19. The quantitative estimate of drug-likeness (QED) is 0.597. The summed E-state index contributed by atoms with van der Waals surface area (Å²) in [6, 6.07) is 0. The highest BCUT2D eigenvalue weighted by molar-refractivity contribution is 5.35. The Balaban J connectivity index is 2.78. The Kier molecular flexibility index (Phi) is 3.26. The number of allylic oxidation sites excluding steroid dienone is 3. The normalized spacial score (nSPS) is 26.5. The van der Waals surface area contributed by atoms with Crippen LogP contribution in [0.25, 0.3) is 0 Å². The van der Waals surface area contributed by atoms with E-state index in [0.29, 0.717) is 0 Å². The summed E-state index contributed by atoms with van der Waals surface area (Å²) in [5.74, 6) is 5.70. The molecule has 1 heterocycles. The van der Waals surface area contributed by atoms with Gasteiger partial charge in [-0.15, -0.1) is 0 Å². The van der Waals surface area contributed by atoms with Crippen LogP contribution >= 0.6 is 0 Å². The first-order valence-electron chi connectivity index (χ1n) is 4.24. The zero-order valence-electron chi connectivity index (χ0n) is 7.59. The lowest BCUT2D eigenvalue weighted by Crippen LogP contribution is -2.37. The minimum absolute atomic E-state index is 0.839. The van der Waals surface area contributed by atoms with Gasteiger partial charge >= 0.3 is 0 Å². The van der Waals surface area contributed by atoms with E-state index < -0.39 is 0 Å². The molecule has 0 saturated carbocycles. The monoisotopic (exact) mass is 164 g/mol. The van der Waals surface area contributed by atoms with Crippen LogP contribution in [-0.2, 0) is 0 Å². The van der Waals surface area contributed by atoms with E-state index in [0.717, 1.165) is 19.5 Å². The molecule has 1 aliphatic heterocycles.